The van der Waals surface area contributed by atoms with Crippen molar-refractivity contribution in [3.05, 3.63) is 0 Å². The Balaban J connectivity index is 1.99. The van der Waals surface area contributed by atoms with Gasteiger partial charge in [-0.25, -0.2) is 0 Å². The van der Waals surface area contributed by atoms with E-state index in [-0.39, 0.29) is 0 Å². The first-order valence-corrected chi connectivity index (χ1v) is 5.53. The molecule has 0 aliphatic carbocycles. The Kier molecular flexibility index (Phi) is 2.85. The van der Waals surface area contributed by atoms with Crippen molar-refractivity contribution < 1.29 is 0 Å². The van der Waals surface area contributed by atoms with Gasteiger partial charge in [-0.15, -0.1) is 0 Å². The van der Waals surface area contributed by atoms with Gasteiger partial charge < -0.3 is 4.90 Å². The maximum Gasteiger partial charge on any atom is 0.0625 e. The van der Waals surface area contributed by atoms with Gasteiger partial charge in [0.1, 0.15) is 0 Å². The van der Waals surface area contributed by atoms with Crippen LogP contribution in [0.1, 0.15) is 38.5 Å². The Morgan fingerprint density at radius 3 is 2.85 bits per heavy atom. The number of piperidine rings is 2. The molecular formula is C11H18N2. The van der Waals surface area contributed by atoms with Crippen LogP contribution in [0.25, 0.3) is 0 Å². The molecule has 2 heterocycles. The van der Waals surface area contributed by atoms with E-state index < -0.39 is 0 Å². The normalized spacial score (nSPS) is 35.0. The number of rotatable bonds is 1. The molecule has 0 aromatic heterocycles. The molecular weight excluding hydrogens is 160 g/mol. The van der Waals surface area contributed by atoms with Crippen molar-refractivity contribution in [2.45, 2.75) is 44.6 Å². The van der Waals surface area contributed by atoms with Gasteiger partial charge in [0.2, 0.25) is 0 Å². The van der Waals surface area contributed by atoms with Crippen LogP contribution in [0, 0.1) is 17.2 Å². The summed E-state index contributed by atoms with van der Waals surface area (Å²) in [6.07, 6.45) is 7.46. The number of hydrogen-bond donors (Lipinski definition) is 0. The highest BCUT2D eigenvalue weighted by Gasteiger charge is 2.32. The molecule has 2 atom stereocenters. The summed E-state index contributed by atoms with van der Waals surface area (Å²) >= 11 is 0. The predicted octanol–water partition coefficient (Wildman–Crippen LogP) is 2.16. The van der Waals surface area contributed by atoms with E-state index in [1.165, 1.54) is 45.2 Å². The summed E-state index contributed by atoms with van der Waals surface area (Å²) in [4.78, 5) is 2.62. The van der Waals surface area contributed by atoms with E-state index in [1.54, 1.807) is 0 Å². The Bertz CT molecular complexity index is 205. The van der Waals surface area contributed by atoms with Gasteiger partial charge in [-0.2, -0.15) is 5.26 Å². The molecule has 2 rings (SSSR count). The van der Waals surface area contributed by atoms with Gasteiger partial charge in [0, 0.05) is 12.5 Å². The zero-order valence-electron chi connectivity index (χ0n) is 8.21. The highest BCUT2D eigenvalue weighted by atomic mass is 15.2. The summed E-state index contributed by atoms with van der Waals surface area (Å²) in [6.45, 7) is 2.57. The molecule has 2 saturated heterocycles. The quantitative estimate of drug-likeness (QED) is 0.615. The van der Waals surface area contributed by atoms with E-state index in [2.05, 4.69) is 11.0 Å². The van der Waals surface area contributed by atoms with Crippen LogP contribution in [0.2, 0.25) is 0 Å². The third-order valence-electron chi connectivity index (χ3n) is 3.58. The lowest BCUT2D eigenvalue weighted by Crippen LogP contribution is -2.47. The van der Waals surface area contributed by atoms with E-state index in [4.69, 9.17) is 5.26 Å². The van der Waals surface area contributed by atoms with Crippen LogP contribution in [0.4, 0.5) is 0 Å². The van der Waals surface area contributed by atoms with Gasteiger partial charge in [-0.3, -0.25) is 0 Å². The lowest BCUT2D eigenvalue weighted by Gasteiger charge is -2.43. The van der Waals surface area contributed by atoms with Crippen molar-refractivity contribution in [2.75, 3.05) is 13.1 Å². The summed E-state index contributed by atoms with van der Waals surface area (Å²) in [5.41, 5.74) is 0. The van der Waals surface area contributed by atoms with Crippen LogP contribution in [-0.2, 0) is 0 Å². The molecule has 0 unspecified atom stereocenters. The Hall–Kier alpha value is -0.550. The average Bonchev–Trinajstić information content (AvgIpc) is 2.19. The van der Waals surface area contributed by atoms with Crippen LogP contribution in [0.15, 0.2) is 0 Å². The van der Waals surface area contributed by atoms with E-state index in [9.17, 15) is 0 Å². The van der Waals surface area contributed by atoms with Gasteiger partial charge in [0.25, 0.3) is 0 Å². The zero-order valence-corrected chi connectivity index (χ0v) is 8.21. The zero-order chi connectivity index (χ0) is 9.10. The first-order chi connectivity index (χ1) is 6.42. The van der Waals surface area contributed by atoms with Crippen molar-refractivity contribution in [3.8, 4) is 6.07 Å². The molecule has 2 heteroatoms. The first kappa shape index (κ1) is 9.02. The number of nitriles is 1. The Labute approximate surface area is 80.5 Å². The molecule has 2 aliphatic rings. The standard InChI is InChI=1S/C11H18N2/c12-7-6-10-4-3-9-13-8-2-1-5-11(10)13/h10-11H,1-6,8-9H2/t10-,11-/m1/s1. The van der Waals surface area contributed by atoms with Crippen LogP contribution in [-0.4, -0.2) is 24.0 Å². The summed E-state index contributed by atoms with van der Waals surface area (Å²) in [7, 11) is 0. The molecule has 13 heavy (non-hydrogen) atoms. The minimum absolute atomic E-state index is 0.680. The van der Waals surface area contributed by atoms with E-state index in [1.807, 2.05) is 0 Å². The number of nitrogens with zero attached hydrogens (tertiary/aromatic N) is 2. The molecule has 0 bridgehead atoms. The van der Waals surface area contributed by atoms with Crippen LogP contribution in [0.3, 0.4) is 0 Å². The van der Waals surface area contributed by atoms with Crippen molar-refractivity contribution in [2.24, 2.45) is 5.92 Å². The molecule has 0 N–H and O–H groups in total. The summed E-state index contributed by atoms with van der Waals surface area (Å²) in [5, 5.41) is 8.74. The largest absolute Gasteiger partial charge is 0.300 e. The van der Waals surface area contributed by atoms with E-state index >= 15 is 0 Å². The van der Waals surface area contributed by atoms with Gasteiger partial charge in [-0.05, 0) is 44.7 Å². The van der Waals surface area contributed by atoms with Gasteiger partial charge in [0.15, 0.2) is 0 Å². The predicted molar refractivity (Wildman–Crippen MR) is 52.2 cm³/mol. The Morgan fingerprint density at radius 2 is 2.00 bits per heavy atom. The average molecular weight is 178 g/mol. The van der Waals surface area contributed by atoms with Crippen molar-refractivity contribution in [3.63, 3.8) is 0 Å². The molecule has 2 fully saturated rings. The molecule has 0 aromatic carbocycles. The molecule has 0 radical (unpaired) electrons. The molecule has 0 spiro atoms. The maximum atomic E-state index is 8.74. The summed E-state index contributed by atoms with van der Waals surface area (Å²) in [6, 6.07) is 3.10. The highest BCUT2D eigenvalue weighted by Crippen LogP contribution is 2.32. The second kappa shape index (κ2) is 4.11. The molecule has 0 aromatic rings. The molecule has 2 nitrogen and oxygen atoms in total. The molecule has 72 valence electrons. The monoisotopic (exact) mass is 178 g/mol. The first-order valence-electron chi connectivity index (χ1n) is 5.53. The van der Waals surface area contributed by atoms with Crippen molar-refractivity contribution >= 4 is 0 Å². The Morgan fingerprint density at radius 1 is 1.15 bits per heavy atom. The molecule has 0 amide bonds. The second-order valence-corrected chi connectivity index (χ2v) is 4.36. The molecule has 2 aliphatic heterocycles. The fourth-order valence-electron chi connectivity index (χ4n) is 2.93. The second-order valence-electron chi connectivity index (χ2n) is 4.36. The van der Waals surface area contributed by atoms with Gasteiger partial charge in [-0.1, -0.05) is 6.42 Å². The van der Waals surface area contributed by atoms with Gasteiger partial charge >= 0.3 is 0 Å². The molecule has 0 saturated carbocycles. The van der Waals surface area contributed by atoms with Crippen LogP contribution < -0.4 is 0 Å². The number of hydrogen-bond acceptors (Lipinski definition) is 2. The minimum Gasteiger partial charge on any atom is -0.300 e. The van der Waals surface area contributed by atoms with Gasteiger partial charge in [0.05, 0.1) is 6.07 Å². The SMILES string of the molecule is N#CC[C@H]1CCCN2CCCC[C@H]12. The van der Waals surface area contributed by atoms with Crippen LogP contribution in [0.5, 0.6) is 0 Å². The number of fused-ring (bicyclic) bond motifs is 1. The van der Waals surface area contributed by atoms with Crippen molar-refractivity contribution in [1.29, 1.82) is 5.26 Å². The van der Waals surface area contributed by atoms with E-state index in [0.717, 1.165) is 12.5 Å². The fourth-order valence-corrected chi connectivity index (χ4v) is 2.93. The fraction of sp³-hybridized carbons (Fsp3) is 0.909. The minimum atomic E-state index is 0.680. The summed E-state index contributed by atoms with van der Waals surface area (Å²) < 4.78 is 0. The van der Waals surface area contributed by atoms with Crippen LogP contribution >= 0.6 is 0 Å². The van der Waals surface area contributed by atoms with E-state index in [0.29, 0.717) is 5.92 Å². The van der Waals surface area contributed by atoms with Crippen molar-refractivity contribution in [1.82, 2.24) is 4.90 Å². The third kappa shape index (κ3) is 1.86. The lowest BCUT2D eigenvalue weighted by molar-refractivity contribution is 0.0615. The third-order valence-corrected chi connectivity index (χ3v) is 3.58. The smallest absolute Gasteiger partial charge is 0.0625 e. The highest BCUT2D eigenvalue weighted by molar-refractivity contribution is 4.91. The summed E-state index contributed by atoms with van der Waals surface area (Å²) in [5.74, 6) is 0.680. The topological polar surface area (TPSA) is 27.0 Å². The maximum absolute atomic E-state index is 8.74. The lowest BCUT2D eigenvalue weighted by atomic mass is 9.82.